The average Bonchev–Trinajstić information content (AvgIpc) is 2.58. The van der Waals surface area contributed by atoms with Crippen molar-refractivity contribution in [2.75, 3.05) is 40.5 Å². The van der Waals surface area contributed by atoms with Crippen LogP contribution in [0.15, 0.2) is 12.1 Å². The van der Waals surface area contributed by atoms with Gasteiger partial charge in [-0.2, -0.15) is 0 Å². The molecule has 152 valence electrons. The molecule has 0 saturated heterocycles. The quantitative estimate of drug-likeness (QED) is 0.616. The summed E-state index contributed by atoms with van der Waals surface area (Å²) >= 11 is 6.20. The van der Waals surface area contributed by atoms with E-state index in [4.69, 9.17) is 30.5 Å². The van der Waals surface area contributed by atoms with Crippen LogP contribution in [0.4, 0.5) is 4.79 Å². The van der Waals surface area contributed by atoms with Crippen molar-refractivity contribution in [1.29, 1.82) is 0 Å². The van der Waals surface area contributed by atoms with Crippen LogP contribution in [-0.4, -0.2) is 58.1 Å². The number of nitrogens with one attached hydrogen (secondary N) is 2. The number of hydrogen-bond donors (Lipinski definition) is 2. The number of benzene rings is 1. The van der Waals surface area contributed by atoms with Crippen molar-refractivity contribution in [2.45, 2.75) is 26.4 Å². The lowest BCUT2D eigenvalue weighted by atomic mass is 10.2. The Morgan fingerprint density at radius 3 is 2.22 bits per heavy atom. The third-order valence-corrected chi connectivity index (χ3v) is 3.55. The Labute approximate surface area is 164 Å². The van der Waals surface area contributed by atoms with E-state index in [1.165, 1.54) is 14.2 Å². The summed E-state index contributed by atoms with van der Waals surface area (Å²) in [6, 6.07) is 3.17. The zero-order valence-corrected chi connectivity index (χ0v) is 17.1. The van der Waals surface area contributed by atoms with Crippen LogP contribution in [0.1, 0.15) is 31.1 Å². The number of carbonyl (C=O) groups excluding carboxylic acids is 2. The van der Waals surface area contributed by atoms with E-state index in [1.807, 2.05) is 0 Å². The van der Waals surface area contributed by atoms with Gasteiger partial charge in [0.2, 0.25) is 0 Å². The molecule has 0 saturated carbocycles. The molecule has 0 aliphatic carbocycles. The molecule has 1 aromatic carbocycles. The fourth-order valence-corrected chi connectivity index (χ4v) is 2.36. The highest BCUT2D eigenvalue weighted by Gasteiger charge is 2.18. The number of rotatable bonds is 9. The Kier molecular flexibility index (Phi) is 9.17. The number of amides is 2. The molecule has 1 aromatic rings. The van der Waals surface area contributed by atoms with Gasteiger partial charge in [-0.05, 0) is 32.9 Å². The Balaban J connectivity index is 2.31. The predicted molar refractivity (Wildman–Crippen MR) is 102 cm³/mol. The second-order valence-corrected chi connectivity index (χ2v) is 6.84. The summed E-state index contributed by atoms with van der Waals surface area (Å²) in [6.45, 7) is 6.54. The van der Waals surface area contributed by atoms with Gasteiger partial charge in [-0.15, -0.1) is 0 Å². The van der Waals surface area contributed by atoms with Gasteiger partial charge in [-0.25, -0.2) is 4.79 Å². The Bertz CT molecular complexity index is 645. The fourth-order valence-electron chi connectivity index (χ4n) is 2.04. The van der Waals surface area contributed by atoms with Gasteiger partial charge >= 0.3 is 6.09 Å². The van der Waals surface area contributed by atoms with Crippen molar-refractivity contribution in [3.05, 3.63) is 22.7 Å². The van der Waals surface area contributed by atoms with Gasteiger partial charge in [0.15, 0.2) is 11.5 Å². The van der Waals surface area contributed by atoms with Crippen molar-refractivity contribution >= 4 is 23.6 Å². The summed E-state index contributed by atoms with van der Waals surface area (Å²) < 4.78 is 20.7. The summed E-state index contributed by atoms with van der Waals surface area (Å²) in [5.41, 5.74) is -0.262. The minimum Gasteiger partial charge on any atom is -0.493 e. The molecule has 1 rings (SSSR count). The lowest BCUT2D eigenvalue weighted by molar-refractivity contribution is 0.0500. The highest BCUT2D eigenvalue weighted by atomic mass is 35.5. The van der Waals surface area contributed by atoms with Gasteiger partial charge in [0.25, 0.3) is 5.91 Å². The first-order valence-corrected chi connectivity index (χ1v) is 8.80. The summed E-state index contributed by atoms with van der Waals surface area (Å²) in [5.74, 6) is 0.396. The van der Waals surface area contributed by atoms with Gasteiger partial charge in [0, 0.05) is 13.1 Å². The average molecular weight is 403 g/mol. The predicted octanol–water partition coefficient (Wildman–Crippen LogP) is 2.63. The van der Waals surface area contributed by atoms with Crippen molar-refractivity contribution < 1.29 is 28.5 Å². The Morgan fingerprint density at radius 2 is 1.67 bits per heavy atom. The van der Waals surface area contributed by atoms with Crippen LogP contribution < -0.4 is 20.1 Å². The van der Waals surface area contributed by atoms with E-state index in [0.29, 0.717) is 24.7 Å². The van der Waals surface area contributed by atoms with Crippen molar-refractivity contribution in [3.63, 3.8) is 0 Å². The van der Waals surface area contributed by atoms with Crippen LogP contribution in [0.3, 0.4) is 0 Å². The zero-order valence-electron chi connectivity index (χ0n) is 16.3. The molecule has 27 heavy (non-hydrogen) atoms. The molecule has 2 N–H and O–H groups in total. The highest BCUT2D eigenvalue weighted by Crippen LogP contribution is 2.37. The molecule has 0 atom stereocenters. The molecular weight excluding hydrogens is 376 g/mol. The van der Waals surface area contributed by atoms with Crippen LogP contribution in [0.5, 0.6) is 11.5 Å². The molecule has 0 aromatic heterocycles. The van der Waals surface area contributed by atoms with Crippen LogP contribution in [0.2, 0.25) is 5.02 Å². The van der Waals surface area contributed by atoms with Gasteiger partial charge in [0.1, 0.15) is 5.60 Å². The number of halogens is 1. The lowest BCUT2D eigenvalue weighted by Gasteiger charge is -2.19. The number of carbonyl (C=O) groups is 2. The number of ether oxygens (including phenoxy) is 4. The summed E-state index contributed by atoms with van der Waals surface area (Å²) in [5, 5.41) is 5.46. The largest absolute Gasteiger partial charge is 0.493 e. The molecular formula is C18H27ClN2O6. The van der Waals surface area contributed by atoms with E-state index >= 15 is 0 Å². The van der Waals surface area contributed by atoms with E-state index < -0.39 is 11.7 Å². The molecule has 0 unspecified atom stereocenters. The first kappa shape index (κ1) is 22.9. The normalized spacial score (nSPS) is 10.9. The van der Waals surface area contributed by atoms with E-state index in [1.54, 1.807) is 32.9 Å². The molecule has 0 heterocycles. The minimum absolute atomic E-state index is 0.178. The topological polar surface area (TPSA) is 95.1 Å². The molecule has 0 radical (unpaired) electrons. The van der Waals surface area contributed by atoms with Crippen molar-refractivity contribution in [1.82, 2.24) is 10.6 Å². The second kappa shape index (κ2) is 10.8. The van der Waals surface area contributed by atoms with Gasteiger partial charge < -0.3 is 29.6 Å². The number of methoxy groups -OCH3 is 2. The summed E-state index contributed by atoms with van der Waals surface area (Å²) in [6.07, 6.45) is -0.498. The summed E-state index contributed by atoms with van der Waals surface area (Å²) in [7, 11) is 2.94. The minimum atomic E-state index is -0.541. The maximum absolute atomic E-state index is 12.2. The highest BCUT2D eigenvalue weighted by molar-refractivity contribution is 6.35. The smallest absolute Gasteiger partial charge is 0.407 e. The maximum Gasteiger partial charge on any atom is 0.407 e. The van der Waals surface area contributed by atoms with E-state index in [2.05, 4.69) is 10.6 Å². The third kappa shape index (κ3) is 7.92. The summed E-state index contributed by atoms with van der Waals surface area (Å²) in [4.78, 5) is 23.7. The van der Waals surface area contributed by atoms with Gasteiger partial charge in [-0.1, -0.05) is 11.6 Å². The molecule has 0 bridgehead atoms. The molecule has 9 heteroatoms. The molecule has 0 fully saturated rings. The SMILES string of the molecule is COc1ccc(C(=O)NCCOCCNC(=O)OC(C)(C)C)c(Cl)c1OC. The molecule has 8 nitrogen and oxygen atoms in total. The van der Waals surface area contributed by atoms with E-state index in [9.17, 15) is 9.59 Å². The first-order valence-electron chi connectivity index (χ1n) is 8.43. The van der Waals surface area contributed by atoms with Gasteiger partial charge in [0.05, 0.1) is 38.0 Å². The van der Waals surface area contributed by atoms with Crippen LogP contribution >= 0.6 is 11.6 Å². The monoisotopic (exact) mass is 402 g/mol. The van der Waals surface area contributed by atoms with Crippen molar-refractivity contribution in [3.8, 4) is 11.5 Å². The maximum atomic E-state index is 12.2. The standard InChI is InChI=1S/C18H27ClN2O6/c1-18(2,3)27-17(23)21-9-11-26-10-8-20-16(22)12-6-7-13(24-4)15(25-5)14(12)19/h6-7H,8-11H2,1-5H3,(H,20,22)(H,21,23). The number of alkyl carbamates (subject to hydrolysis) is 1. The molecule has 0 aliphatic heterocycles. The first-order chi connectivity index (χ1) is 12.7. The van der Waals surface area contributed by atoms with E-state index in [-0.39, 0.29) is 29.6 Å². The van der Waals surface area contributed by atoms with Crippen LogP contribution in [-0.2, 0) is 9.47 Å². The second-order valence-electron chi connectivity index (χ2n) is 6.46. The van der Waals surface area contributed by atoms with Crippen LogP contribution in [0, 0.1) is 0 Å². The van der Waals surface area contributed by atoms with Gasteiger partial charge in [-0.3, -0.25) is 4.79 Å². The number of hydrogen-bond acceptors (Lipinski definition) is 6. The van der Waals surface area contributed by atoms with Crippen LogP contribution in [0.25, 0.3) is 0 Å². The Hall–Kier alpha value is -2.19. The fraction of sp³-hybridized carbons (Fsp3) is 0.556. The molecule has 0 spiro atoms. The third-order valence-electron chi connectivity index (χ3n) is 3.18. The van der Waals surface area contributed by atoms with Crippen molar-refractivity contribution in [2.24, 2.45) is 0 Å². The zero-order chi connectivity index (χ0) is 20.4. The Morgan fingerprint density at radius 1 is 1.04 bits per heavy atom. The lowest BCUT2D eigenvalue weighted by Crippen LogP contribution is -2.34. The van der Waals surface area contributed by atoms with E-state index in [0.717, 1.165) is 0 Å². The molecule has 0 aliphatic rings. The molecule has 2 amide bonds.